The molecule has 0 atom stereocenters. The molecule has 0 spiro atoms. The van der Waals surface area contributed by atoms with Crippen molar-refractivity contribution in [3.63, 3.8) is 0 Å². The molecule has 0 bridgehead atoms. The van der Waals surface area contributed by atoms with Crippen molar-refractivity contribution in [3.05, 3.63) is 100.0 Å². The Morgan fingerprint density at radius 1 is 0.545 bits per heavy atom. The third kappa shape index (κ3) is 7.05. The number of nitrogens with one attached hydrogen (secondary N) is 1. The van der Waals surface area contributed by atoms with Crippen molar-refractivity contribution in [2.45, 2.75) is 36.3 Å². The van der Waals surface area contributed by atoms with Crippen LogP contribution in [0.15, 0.2) is 114 Å². The van der Waals surface area contributed by atoms with Crippen molar-refractivity contribution < 1.29 is 0 Å². The fraction of sp³-hybridized carbons (Fsp3) is 0.0769. The second-order valence-electron chi connectivity index (χ2n) is 6.99. The quantitative estimate of drug-likeness (QED) is 0.235. The molecule has 0 unspecified atom stereocenters. The minimum atomic E-state index is 0.734. The van der Waals surface area contributed by atoms with Crippen molar-refractivity contribution in [2.75, 3.05) is 11.9 Å². The summed E-state index contributed by atoms with van der Waals surface area (Å²) in [7, 11) is 0. The van der Waals surface area contributed by atoms with Crippen LogP contribution in [0, 0.1) is 0 Å². The summed E-state index contributed by atoms with van der Waals surface area (Å²) in [6.45, 7) is 2.94. The average Bonchev–Trinajstić information content (AvgIpc) is 2.80. The second-order valence-corrected chi connectivity index (χ2v) is 11.7. The van der Waals surface area contributed by atoms with Crippen molar-refractivity contribution in [1.29, 1.82) is 0 Å². The lowest BCUT2D eigenvalue weighted by Crippen LogP contribution is -2.00. The van der Waals surface area contributed by atoms with Crippen LogP contribution in [0.1, 0.15) is 6.92 Å². The Morgan fingerprint density at radius 2 is 0.909 bits per heavy atom. The number of anilines is 1. The molecule has 4 aromatic rings. The summed E-state index contributed by atoms with van der Waals surface area (Å²) in [4.78, 5) is 6.89. The summed E-state index contributed by atoms with van der Waals surface area (Å²) in [5.41, 5.74) is 1.12. The SMILES string of the molecule is CCNc1c(Sc2ccc(Cl)cc2)cc(Sc2ccc(Cl)cc2)cc1Sc1ccc(Cl)cc1. The average molecular weight is 549 g/mol. The third-order valence-corrected chi connectivity index (χ3v) is 8.36. The van der Waals surface area contributed by atoms with Gasteiger partial charge in [-0.2, -0.15) is 0 Å². The predicted molar refractivity (Wildman–Crippen MR) is 147 cm³/mol. The van der Waals surface area contributed by atoms with Gasteiger partial charge in [-0.1, -0.05) is 70.1 Å². The first-order valence-corrected chi connectivity index (χ1v) is 13.8. The molecule has 0 aliphatic rings. The van der Waals surface area contributed by atoms with E-state index in [-0.39, 0.29) is 0 Å². The molecule has 33 heavy (non-hydrogen) atoms. The maximum atomic E-state index is 6.10. The van der Waals surface area contributed by atoms with Gasteiger partial charge in [0.05, 0.1) is 5.69 Å². The number of rotatable bonds is 8. The van der Waals surface area contributed by atoms with Gasteiger partial charge in [-0.3, -0.25) is 0 Å². The summed E-state index contributed by atoms with van der Waals surface area (Å²) in [5.74, 6) is 0. The molecule has 4 rings (SSSR count). The predicted octanol–water partition coefficient (Wildman–Crippen LogP) is 10.5. The molecule has 1 nitrogen and oxygen atoms in total. The second kappa shape index (κ2) is 11.8. The van der Waals surface area contributed by atoms with E-state index < -0.39 is 0 Å². The zero-order valence-corrected chi connectivity index (χ0v) is 22.4. The van der Waals surface area contributed by atoms with E-state index >= 15 is 0 Å². The van der Waals surface area contributed by atoms with Gasteiger partial charge in [0.25, 0.3) is 0 Å². The lowest BCUT2D eigenvalue weighted by molar-refractivity contribution is 1.13. The largest absolute Gasteiger partial charge is 0.383 e. The van der Waals surface area contributed by atoms with Gasteiger partial charge in [0.15, 0.2) is 0 Å². The molecule has 4 aromatic carbocycles. The summed E-state index contributed by atoms with van der Waals surface area (Å²) >= 11 is 23.5. The van der Waals surface area contributed by atoms with Crippen molar-refractivity contribution >= 4 is 75.8 Å². The fourth-order valence-corrected chi connectivity index (χ4v) is 6.52. The molecule has 0 radical (unpaired) electrons. The van der Waals surface area contributed by atoms with Gasteiger partial charge in [0.1, 0.15) is 0 Å². The molecule has 0 aliphatic heterocycles. The van der Waals surface area contributed by atoms with E-state index in [9.17, 15) is 0 Å². The van der Waals surface area contributed by atoms with E-state index in [4.69, 9.17) is 34.8 Å². The molecule has 0 heterocycles. The van der Waals surface area contributed by atoms with Crippen LogP contribution in [0.4, 0.5) is 5.69 Å². The first-order chi connectivity index (χ1) is 16.0. The van der Waals surface area contributed by atoms with Crippen LogP contribution in [0.5, 0.6) is 0 Å². The highest BCUT2D eigenvalue weighted by molar-refractivity contribution is 8.01. The molecule has 0 fully saturated rings. The van der Waals surface area contributed by atoms with Crippen LogP contribution in [-0.2, 0) is 0 Å². The first-order valence-electron chi connectivity index (χ1n) is 10.2. The number of halogens is 3. The van der Waals surface area contributed by atoms with Crippen molar-refractivity contribution in [2.24, 2.45) is 0 Å². The van der Waals surface area contributed by atoms with Crippen LogP contribution >= 0.6 is 70.1 Å². The zero-order chi connectivity index (χ0) is 23.2. The molecule has 0 aromatic heterocycles. The lowest BCUT2D eigenvalue weighted by Gasteiger charge is -2.18. The summed E-state index contributed by atoms with van der Waals surface area (Å²) < 4.78 is 0. The summed E-state index contributed by atoms with van der Waals surface area (Å²) in [5, 5.41) is 5.79. The molecule has 168 valence electrons. The molecule has 0 saturated heterocycles. The van der Waals surface area contributed by atoms with Gasteiger partial charge in [-0.05, 0) is 91.9 Å². The van der Waals surface area contributed by atoms with E-state index in [2.05, 4.69) is 24.4 Å². The fourth-order valence-electron chi connectivity index (χ4n) is 3.03. The van der Waals surface area contributed by atoms with E-state index in [0.29, 0.717) is 0 Å². The molecular weight excluding hydrogens is 529 g/mol. The smallest absolute Gasteiger partial charge is 0.0624 e. The Morgan fingerprint density at radius 3 is 1.27 bits per heavy atom. The van der Waals surface area contributed by atoms with Gasteiger partial charge < -0.3 is 5.32 Å². The highest BCUT2D eigenvalue weighted by Crippen LogP contribution is 2.45. The van der Waals surface area contributed by atoms with Gasteiger partial charge >= 0.3 is 0 Å². The minimum Gasteiger partial charge on any atom is -0.383 e. The van der Waals surface area contributed by atoms with Crippen LogP contribution < -0.4 is 5.32 Å². The van der Waals surface area contributed by atoms with Crippen LogP contribution in [0.25, 0.3) is 0 Å². The number of hydrogen-bond donors (Lipinski definition) is 1. The van der Waals surface area contributed by atoms with Gasteiger partial charge in [-0.15, -0.1) is 0 Å². The number of benzene rings is 4. The Kier molecular flexibility index (Phi) is 8.86. The Balaban J connectivity index is 1.75. The minimum absolute atomic E-state index is 0.734. The molecule has 0 amide bonds. The van der Waals surface area contributed by atoms with E-state index in [1.165, 1.54) is 0 Å². The molecule has 0 saturated carbocycles. The number of hydrogen-bond acceptors (Lipinski definition) is 4. The van der Waals surface area contributed by atoms with Crippen molar-refractivity contribution in [3.8, 4) is 0 Å². The molecule has 1 N–H and O–H groups in total. The van der Waals surface area contributed by atoms with E-state index in [1.54, 1.807) is 35.3 Å². The zero-order valence-electron chi connectivity index (χ0n) is 17.6. The lowest BCUT2D eigenvalue weighted by atomic mass is 10.3. The highest BCUT2D eigenvalue weighted by atomic mass is 35.5. The summed E-state index contributed by atoms with van der Waals surface area (Å²) in [6.07, 6.45) is 0. The van der Waals surface area contributed by atoms with E-state index in [0.717, 1.165) is 56.7 Å². The van der Waals surface area contributed by atoms with Crippen LogP contribution in [0.2, 0.25) is 15.1 Å². The normalized spacial score (nSPS) is 10.9. The van der Waals surface area contributed by atoms with Gasteiger partial charge in [0, 0.05) is 51.0 Å². The van der Waals surface area contributed by atoms with Crippen LogP contribution in [0.3, 0.4) is 0 Å². The van der Waals surface area contributed by atoms with Crippen molar-refractivity contribution in [1.82, 2.24) is 0 Å². The summed E-state index contributed by atoms with van der Waals surface area (Å²) in [6, 6.07) is 28.3. The Bertz CT molecular complexity index is 1140. The Hall–Kier alpha value is -1.40. The van der Waals surface area contributed by atoms with Gasteiger partial charge in [-0.25, -0.2) is 0 Å². The first kappa shape index (κ1) is 24.7. The van der Waals surface area contributed by atoms with Crippen LogP contribution in [-0.4, -0.2) is 6.54 Å². The van der Waals surface area contributed by atoms with E-state index in [1.807, 2.05) is 72.8 Å². The monoisotopic (exact) mass is 547 g/mol. The molecule has 0 aliphatic carbocycles. The molecule has 7 heteroatoms. The maximum absolute atomic E-state index is 6.10. The maximum Gasteiger partial charge on any atom is 0.0624 e. The highest BCUT2D eigenvalue weighted by Gasteiger charge is 2.15. The standard InChI is InChI=1S/C26H20Cl3NS3/c1-2-30-26-24(32-21-11-5-18(28)6-12-21)15-23(31-20-9-3-17(27)4-10-20)16-25(26)33-22-13-7-19(29)8-14-22/h3-16,30H,2H2,1H3. The Labute approximate surface area is 222 Å². The van der Waals surface area contributed by atoms with Gasteiger partial charge in [0.2, 0.25) is 0 Å². The molecular formula is C26H20Cl3NS3. The topological polar surface area (TPSA) is 12.0 Å². The third-order valence-electron chi connectivity index (χ3n) is 4.53.